The monoisotopic (exact) mass is 973 g/mol. The molecule has 2 aromatic heterocycles. The van der Waals surface area contributed by atoms with E-state index in [0.717, 1.165) is 122 Å². The molecule has 0 amide bonds. The molecule has 0 unspecified atom stereocenters. The van der Waals surface area contributed by atoms with Crippen molar-refractivity contribution in [2.75, 3.05) is 0 Å². The van der Waals surface area contributed by atoms with Gasteiger partial charge in [0, 0.05) is 21.5 Å². The third-order valence-electron chi connectivity index (χ3n) is 15.4. The van der Waals surface area contributed by atoms with Gasteiger partial charge in [0.15, 0.2) is 0 Å². The Kier molecular flexibility index (Phi) is 11.4. The molecule has 6 heteroatoms. The average molecular weight is 974 g/mol. The normalized spacial score (nSPS) is 12.0. The van der Waals surface area contributed by atoms with Gasteiger partial charge in [-0.1, -0.05) is 107 Å². The molecule has 0 saturated heterocycles. The van der Waals surface area contributed by atoms with Crippen molar-refractivity contribution in [1.29, 1.82) is 5.26 Å². The lowest BCUT2D eigenvalue weighted by Gasteiger charge is -2.20. The van der Waals surface area contributed by atoms with Crippen LogP contribution in [0.25, 0.3) is 99.5 Å². The van der Waals surface area contributed by atoms with Crippen molar-refractivity contribution >= 4 is 43.6 Å². The number of fused-ring (bicyclic) bond motifs is 6. The van der Waals surface area contributed by atoms with Crippen molar-refractivity contribution < 1.29 is 13.2 Å². The van der Waals surface area contributed by atoms with Gasteiger partial charge in [-0.25, -0.2) is 0 Å². The van der Waals surface area contributed by atoms with E-state index in [1.165, 1.54) is 23.3 Å². The fourth-order valence-electron chi connectivity index (χ4n) is 13.0. The highest BCUT2D eigenvalue weighted by atomic mass is 19.4. The largest absolute Gasteiger partial charge is 0.416 e. The van der Waals surface area contributed by atoms with Crippen molar-refractivity contribution in [2.24, 2.45) is 0 Å². The first-order valence-electron chi connectivity index (χ1n) is 25.4. The topological polar surface area (TPSA) is 33.6 Å². The van der Waals surface area contributed by atoms with Crippen LogP contribution in [0.2, 0.25) is 0 Å². The molecule has 366 valence electrons. The van der Waals surface area contributed by atoms with Crippen LogP contribution in [-0.4, -0.2) is 9.13 Å². The second kappa shape index (κ2) is 17.5. The van der Waals surface area contributed by atoms with Gasteiger partial charge in [0.05, 0.1) is 39.0 Å². The minimum absolute atomic E-state index is 0.125. The second-order valence-electron chi connectivity index (χ2n) is 21.2. The van der Waals surface area contributed by atoms with Crippen molar-refractivity contribution in [2.45, 2.75) is 89.3 Å². The number of benzene rings is 9. The Hall–Kier alpha value is -8.14. The number of aryl methyl sites for hydroxylation is 12. The minimum Gasteiger partial charge on any atom is -0.308 e. The fraction of sp³-hybridized carbons (Fsp3) is 0.191. The lowest BCUT2D eigenvalue weighted by molar-refractivity contribution is -0.137. The molecule has 0 radical (unpaired) electrons. The first kappa shape index (κ1) is 48.1. The van der Waals surface area contributed by atoms with E-state index in [0.29, 0.717) is 22.1 Å². The average Bonchev–Trinajstić information content (AvgIpc) is 3.80. The summed E-state index contributed by atoms with van der Waals surface area (Å²) in [6, 6.07) is 47.4. The third-order valence-corrected chi connectivity index (χ3v) is 15.4. The summed E-state index contributed by atoms with van der Waals surface area (Å²) in [7, 11) is 0. The SMILES string of the molecule is Cc1cc(C)c(-c2ccc3c(c2)c2ccc(-c4c(C)cc(C)cc4C)cc2n3-c2cc(C(F)(F)F)cc(-n3c4ccc(-c5c(C)cc(C)cc5C)cc4c4ccc(-c5c(C)cc(C)cc5C)cc43)c2C#N)c(C)c1. The first-order valence-corrected chi connectivity index (χ1v) is 25.4. The van der Waals surface area contributed by atoms with Crippen LogP contribution in [-0.2, 0) is 6.18 Å². The molecule has 0 aliphatic carbocycles. The lowest BCUT2D eigenvalue weighted by Crippen LogP contribution is -2.11. The zero-order chi connectivity index (χ0) is 52.4. The predicted octanol–water partition coefficient (Wildman–Crippen LogP) is 19.1. The number of aromatic nitrogens is 2. The summed E-state index contributed by atoms with van der Waals surface area (Å²) < 4.78 is 51.6. The van der Waals surface area contributed by atoms with Crippen LogP contribution < -0.4 is 0 Å². The van der Waals surface area contributed by atoms with E-state index in [9.17, 15) is 5.26 Å². The molecule has 0 saturated carbocycles. The van der Waals surface area contributed by atoms with E-state index in [2.05, 4.69) is 198 Å². The Labute approximate surface area is 431 Å². The number of hydrogen-bond donors (Lipinski definition) is 0. The van der Waals surface area contributed by atoms with Gasteiger partial charge >= 0.3 is 6.18 Å². The summed E-state index contributed by atoms with van der Waals surface area (Å²) in [6.07, 6.45) is -4.76. The zero-order valence-corrected chi connectivity index (χ0v) is 44.2. The number of nitriles is 1. The molecule has 3 nitrogen and oxygen atoms in total. The Balaban J connectivity index is 1.27. The van der Waals surface area contributed by atoms with Crippen LogP contribution in [0.15, 0.2) is 133 Å². The fourth-order valence-corrected chi connectivity index (χ4v) is 13.0. The molecular formula is C68H58F3N3. The quantitative estimate of drug-likeness (QED) is 0.163. The summed E-state index contributed by atoms with van der Waals surface area (Å²) in [6.45, 7) is 25.3. The van der Waals surface area contributed by atoms with Gasteiger partial charge in [-0.2, -0.15) is 18.4 Å². The van der Waals surface area contributed by atoms with E-state index in [1.54, 1.807) is 0 Å². The maximum atomic E-state index is 15.9. The standard InChI is InChI=1S/C68H58F3N3/c1-36-21-40(5)64(41(6)22-36)48-15-19-58-55(29-48)53-17-13-50(66-44(9)25-38(3)26-45(66)10)31-60(53)73(58)62-33-52(68(69,70)71)34-63(57(62)35-72)74-59-20-16-49(65-42(7)23-37(2)24-43(65)8)30-56(59)54-18-14-51(32-61(54)74)67-46(11)27-39(4)28-47(67)12/h13-34H,1-12H3. The molecule has 0 aliphatic heterocycles. The Morgan fingerprint density at radius 2 is 0.622 bits per heavy atom. The maximum Gasteiger partial charge on any atom is 0.416 e. The van der Waals surface area contributed by atoms with Gasteiger partial charge in [0.1, 0.15) is 11.6 Å². The first-order chi connectivity index (χ1) is 35.2. The van der Waals surface area contributed by atoms with Gasteiger partial charge in [0.2, 0.25) is 0 Å². The van der Waals surface area contributed by atoms with E-state index in [-0.39, 0.29) is 16.9 Å². The Morgan fingerprint density at radius 1 is 0.338 bits per heavy atom. The second-order valence-corrected chi connectivity index (χ2v) is 21.2. The van der Waals surface area contributed by atoms with E-state index in [4.69, 9.17) is 0 Å². The molecule has 11 aromatic rings. The van der Waals surface area contributed by atoms with Crippen molar-refractivity contribution in [3.63, 3.8) is 0 Å². The highest BCUT2D eigenvalue weighted by molar-refractivity contribution is 6.14. The highest BCUT2D eigenvalue weighted by Gasteiger charge is 2.34. The summed E-state index contributed by atoms with van der Waals surface area (Å²) >= 11 is 0. The number of halogens is 3. The van der Waals surface area contributed by atoms with Gasteiger partial charge in [-0.15, -0.1) is 0 Å². The van der Waals surface area contributed by atoms with Gasteiger partial charge < -0.3 is 9.13 Å². The van der Waals surface area contributed by atoms with Crippen LogP contribution in [0.1, 0.15) is 77.9 Å². The molecule has 0 N–H and O–H groups in total. The van der Waals surface area contributed by atoms with Crippen LogP contribution in [0, 0.1) is 94.4 Å². The van der Waals surface area contributed by atoms with Crippen LogP contribution >= 0.6 is 0 Å². The Morgan fingerprint density at radius 3 is 0.905 bits per heavy atom. The molecule has 0 atom stereocenters. The number of alkyl halides is 3. The van der Waals surface area contributed by atoms with Crippen LogP contribution in [0.5, 0.6) is 0 Å². The summed E-state index contributed by atoms with van der Waals surface area (Å²) in [4.78, 5) is 0. The summed E-state index contributed by atoms with van der Waals surface area (Å²) in [5.74, 6) is 0. The van der Waals surface area contributed by atoms with E-state index >= 15 is 13.2 Å². The summed E-state index contributed by atoms with van der Waals surface area (Å²) in [5.41, 5.74) is 24.4. The van der Waals surface area contributed by atoms with E-state index in [1.807, 2.05) is 21.3 Å². The summed E-state index contributed by atoms with van der Waals surface area (Å²) in [5, 5.41) is 15.2. The molecule has 0 fully saturated rings. The molecule has 0 spiro atoms. The van der Waals surface area contributed by atoms with Gasteiger partial charge in [-0.05, 0) is 221 Å². The highest BCUT2D eigenvalue weighted by Crippen LogP contribution is 2.46. The molecular weight excluding hydrogens is 916 g/mol. The van der Waals surface area contributed by atoms with Crippen LogP contribution in [0.3, 0.4) is 0 Å². The van der Waals surface area contributed by atoms with Gasteiger partial charge in [0.25, 0.3) is 0 Å². The predicted molar refractivity (Wildman–Crippen MR) is 303 cm³/mol. The number of nitrogens with zero attached hydrogens (tertiary/aromatic N) is 3. The maximum absolute atomic E-state index is 15.9. The zero-order valence-electron chi connectivity index (χ0n) is 44.2. The third kappa shape index (κ3) is 7.80. The van der Waals surface area contributed by atoms with Crippen molar-refractivity contribution in [3.05, 3.63) is 211 Å². The van der Waals surface area contributed by atoms with E-state index < -0.39 is 11.7 Å². The Bertz CT molecular complexity index is 3910. The number of hydrogen-bond acceptors (Lipinski definition) is 1. The minimum atomic E-state index is -4.76. The smallest absolute Gasteiger partial charge is 0.308 e. The van der Waals surface area contributed by atoms with Gasteiger partial charge in [-0.3, -0.25) is 0 Å². The molecule has 2 heterocycles. The molecule has 74 heavy (non-hydrogen) atoms. The lowest BCUT2D eigenvalue weighted by atomic mass is 9.92. The molecule has 0 aliphatic rings. The molecule has 0 bridgehead atoms. The van der Waals surface area contributed by atoms with Crippen molar-refractivity contribution in [1.82, 2.24) is 9.13 Å². The molecule has 11 rings (SSSR count). The van der Waals surface area contributed by atoms with Crippen LogP contribution in [0.4, 0.5) is 13.2 Å². The number of rotatable bonds is 6. The molecule has 9 aromatic carbocycles. The van der Waals surface area contributed by atoms with Crippen molar-refractivity contribution in [3.8, 4) is 62.0 Å².